The minimum absolute atomic E-state index is 0.142. The van der Waals surface area contributed by atoms with Gasteiger partial charge in [0.15, 0.2) is 0 Å². The summed E-state index contributed by atoms with van der Waals surface area (Å²) in [5, 5.41) is 3.17. The van der Waals surface area contributed by atoms with Crippen LogP contribution in [0.25, 0.3) is 0 Å². The number of halogens is 3. The molecule has 0 aromatic carbocycles. The number of hydrogen-bond donors (Lipinski definition) is 1. The lowest BCUT2D eigenvalue weighted by Gasteiger charge is -2.56. The van der Waals surface area contributed by atoms with Gasteiger partial charge >= 0.3 is 0 Å². The minimum atomic E-state index is -1.49. The molecule has 0 aromatic rings. The van der Waals surface area contributed by atoms with Gasteiger partial charge in [-0.15, -0.1) is 0 Å². The molecule has 0 aromatic heterocycles. The Morgan fingerprint density at radius 2 is 1.46 bits per heavy atom. The van der Waals surface area contributed by atoms with E-state index in [0.29, 0.717) is 0 Å². The van der Waals surface area contributed by atoms with Crippen LogP contribution >= 0.6 is 34.8 Å². The topological polar surface area (TPSA) is 32.3 Å². The second-order valence-corrected chi connectivity index (χ2v) is 11.1. The van der Waals surface area contributed by atoms with Crippen molar-refractivity contribution in [1.29, 1.82) is 0 Å². The lowest BCUT2D eigenvalue weighted by molar-refractivity contribution is -0.148. The monoisotopic (exact) mass is 392 g/mol. The van der Waals surface area contributed by atoms with E-state index in [1.54, 1.807) is 0 Å². The number of amides is 1. The SMILES string of the molecule is O=C(NC(N1CCCCC1)C(Cl)(Cl)Cl)C12CC3CC(CC(C3)C1)C2. The third-order valence-electron chi connectivity index (χ3n) is 6.85. The zero-order valence-electron chi connectivity index (χ0n) is 14.1. The third-order valence-corrected chi connectivity index (χ3v) is 7.47. The van der Waals surface area contributed by atoms with Gasteiger partial charge in [0.1, 0.15) is 6.17 Å². The van der Waals surface area contributed by atoms with Crippen LogP contribution in [0, 0.1) is 23.2 Å². The molecule has 1 saturated heterocycles. The summed E-state index contributed by atoms with van der Waals surface area (Å²) in [6.07, 6.45) is 10.0. The number of rotatable bonds is 3. The summed E-state index contributed by atoms with van der Waals surface area (Å²) in [5.74, 6) is 2.36. The maximum absolute atomic E-state index is 13.3. The quantitative estimate of drug-likeness (QED) is 0.716. The molecule has 136 valence electrons. The van der Waals surface area contributed by atoms with Crippen LogP contribution in [0.2, 0.25) is 0 Å². The molecule has 0 spiro atoms. The first-order valence-electron chi connectivity index (χ1n) is 9.47. The molecule has 1 aliphatic heterocycles. The normalized spacial score (nSPS) is 40.5. The second-order valence-electron chi connectivity index (χ2n) is 8.71. The maximum Gasteiger partial charge on any atom is 0.227 e. The summed E-state index contributed by atoms with van der Waals surface area (Å²) in [6.45, 7) is 1.78. The number of hydrogen-bond acceptors (Lipinski definition) is 2. The molecular formula is C18H27Cl3N2O. The molecule has 1 N–H and O–H groups in total. The van der Waals surface area contributed by atoms with Crippen LogP contribution in [0.15, 0.2) is 0 Å². The molecule has 1 atom stereocenters. The summed E-state index contributed by atoms with van der Waals surface area (Å²) in [4.78, 5) is 15.4. The Bertz CT molecular complexity index is 464. The van der Waals surface area contributed by atoms with Gasteiger partial charge < -0.3 is 5.32 Å². The molecule has 6 heteroatoms. The predicted molar refractivity (Wildman–Crippen MR) is 98.2 cm³/mol. The third kappa shape index (κ3) is 3.31. The van der Waals surface area contributed by atoms with Crippen molar-refractivity contribution in [2.45, 2.75) is 67.7 Å². The Morgan fingerprint density at radius 1 is 0.958 bits per heavy atom. The molecule has 1 amide bonds. The van der Waals surface area contributed by atoms with Crippen molar-refractivity contribution < 1.29 is 4.79 Å². The van der Waals surface area contributed by atoms with Crippen molar-refractivity contribution in [2.75, 3.05) is 13.1 Å². The maximum atomic E-state index is 13.3. The number of likely N-dealkylation sites (tertiary alicyclic amines) is 1. The zero-order chi connectivity index (χ0) is 16.9. The van der Waals surface area contributed by atoms with Gasteiger partial charge in [-0.1, -0.05) is 41.2 Å². The van der Waals surface area contributed by atoms with E-state index in [2.05, 4.69) is 10.2 Å². The van der Waals surface area contributed by atoms with E-state index in [1.165, 1.54) is 25.7 Å². The van der Waals surface area contributed by atoms with Crippen LogP contribution in [-0.4, -0.2) is 33.9 Å². The predicted octanol–water partition coefficient (Wildman–Crippen LogP) is 4.50. The van der Waals surface area contributed by atoms with E-state index in [4.69, 9.17) is 34.8 Å². The highest BCUT2D eigenvalue weighted by molar-refractivity contribution is 6.68. The first-order valence-corrected chi connectivity index (χ1v) is 10.6. The first-order chi connectivity index (χ1) is 11.4. The zero-order valence-corrected chi connectivity index (χ0v) is 16.3. The average molecular weight is 394 g/mol. The van der Waals surface area contributed by atoms with E-state index in [-0.39, 0.29) is 11.3 Å². The highest BCUT2D eigenvalue weighted by atomic mass is 35.6. The van der Waals surface area contributed by atoms with Gasteiger partial charge in [0.05, 0.1) is 5.41 Å². The van der Waals surface area contributed by atoms with Gasteiger partial charge in [0.2, 0.25) is 9.70 Å². The number of nitrogens with one attached hydrogen (secondary N) is 1. The Morgan fingerprint density at radius 3 is 1.92 bits per heavy atom. The number of piperidine rings is 1. The molecule has 5 fully saturated rings. The van der Waals surface area contributed by atoms with Crippen LogP contribution in [-0.2, 0) is 4.79 Å². The van der Waals surface area contributed by atoms with Crippen LogP contribution in [0.1, 0.15) is 57.8 Å². The van der Waals surface area contributed by atoms with E-state index in [9.17, 15) is 4.79 Å². The van der Waals surface area contributed by atoms with Gasteiger partial charge in [-0.3, -0.25) is 9.69 Å². The highest BCUT2D eigenvalue weighted by Gasteiger charge is 2.55. The molecule has 0 radical (unpaired) electrons. The fraction of sp³-hybridized carbons (Fsp3) is 0.944. The van der Waals surface area contributed by atoms with Crippen LogP contribution < -0.4 is 5.32 Å². The summed E-state index contributed by atoms with van der Waals surface area (Å²) >= 11 is 18.8. The summed E-state index contributed by atoms with van der Waals surface area (Å²) < 4.78 is -1.49. The lowest BCUT2D eigenvalue weighted by atomic mass is 9.49. The molecule has 5 rings (SSSR count). The van der Waals surface area contributed by atoms with E-state index < -0.39 is 9.96 Å². The molecule has 24 heavy (non-hydrogen) atoms. The standard InChI is InChI=1S/C18H27Cl3N2O/c19-18(20,21)15(23-4-2-1-3-5-23)22-16(24)17-9-12-6-13(10-17)8-14(7-12)11-17/h12-15H,1-11H2,(H,22,24). The molecule has 1 unspecified atom stereocenters. The van der Waals surface area contributed by atoms with Crippen molar-refractivity contribution >= 4 is 40.7 Å². The van der Waals surface area contributed by atoms with Crippen molar-refractivity contribution in [3.63, 3.8) is 0 Å². The number of carbonyl (C=O) groups excluding carboxylic acids is 1. The fourth-order valence-corrected chi connectivity index (χ4v) is 6.80. The summed E-state index contributed by atoms with van der Waals surface area (Å²) in [5.41, 5.74) is -0.196. The van der Waals surface area contributed by atoms with Gasteiger partial charge in [-0.2, -0.15) is 0 Å². The van der Waals surface area contributed by atoms with Crippen LogP contribution in [0.5, 0.6) is 0 Å². The van der Waals surface area contributed by atoms with Crippen LogP contribution in [0.3, 0.4) is 0 Å². The van der Waals surface area contributed by atoms with E-state index in [0.717, 1.165) is 62.9 Å². The molecule has 5 aliphatic rings. The Hall–Kier alpha value is 0.300. The van der Waals surface area contributed by atoms with Gasteiger partial charge in [0.25, 0.3) is 0 Å². The number of nitrogens with zero attached hydrogens (tertiary/aromatic N) is 1. The second kappa shape index (κ2) is 6.48. The molecule has 1 heterocycles. The molecule has 3 nitrogen and oxygen atoms in total. The Kier molecular flexibility index (Phi) is 4.78. The highest BCUT2D eigenvalue weighted by Crippen LogP contribution is 2.60. The van der Waals surface area contributed by atoms with Crippen molar-refractivity contribution in [2.24, 2.45) is 23.2 Å². The van der Waals surface area contributed by atoms with Gasteiger partial charge in [-0.05, 0) is 69.1 Å². The smallest absolute Gasteiger partial charge is 0.227 e. The summed E-state index contributed by atoms with van der Waals surface area (Å²) in [7, 11) is 0. The number of alkyl halides is 3. The van der Waals surface area contributed by atoms with Gasteiger partial charge in [0, 0.05) is 13.1 Å². The molecular weight excluding hydrogens is 367 g/mol. The average Bonchev–Trinajstić information content (AvgIpc) is 2.50. The largest absolute Gasteiger partial charge is 0.336 e. The van der Waals surface area contributed by atoms with E-state index in [1.807, 2.05) is 0 Å². The molecule has 4 aliphatic carbocycles. The summed E-state index contributed by atoms with van der Waals surface area (Å²) in [6, 6.07) is 0. The van der Waals surface area contributed by atoms with Gasteiger partial charge in [-0.25, -0.2) is 0 Å². The fourth-order valence-electron chi connectivity index (χ4n) is 6.22. The minimum Gasteiger partial charge on any atom is -0.336 e. The van der Waals surface area contributed by atoms with Crippen molar-refractivity contribution in [3.05, 3.63) is 0 Å². The lowest BCUT2D eigenvalue weighted by Crippen LogP contribution is -2.61. The van der Waals surface area contributed by atoms with Crippen LogP contribution in [0.4, 0.5) is 0 Å². The Labute approximate surface area is 159 Å². The van der Waals surface area contributed by atoms with E-state index >= 15 is 0 Å². The molecule has 4 bridgehead atoms. The number of carbonyl (C=O) groups is 1. The molecule has 4 saturated carbocycles. The Balaban J connectivity index is 1.50. The first kappa shape index (κ1) is 17.7. The van der Waals surface area contributed by atoms with Crippen molar-refractivity contribution in [1.82, 2.24) is 10.2 Å². The van der Waals surface area contributed by atoms with Crippen molar-refractivity contribution in [3.8, 4) is 0 Å².